The van der Waals surface area contributed by atoms with Gasteiger partial charge >= 0.3 is 0 Å². The summed E-state index contributed by atoms with van der Waals surface area (Å²) in [6, 6.07) is 0. The molecule has 1 fully saturated rings. The van der Waals surface area contributed by atoms with Crippen LogP contribution in [0.15, 0.2) is 12.4 Å². The number of hydrogen-bond donors (Lipinski definition) is 2. The largest absolute Gasteiger partial charge is 0.396 e. The van der Waals surface area contributed by atoms with Crippen molar-refractivity contribution in [3.63, 3.8) is 0 Å². The van der Waals surface area contributed by atoms with Crippen LogP contribution >= 0.6 is 0 Å². The first-order chi connectivity index (χ1) is 8.97. The highest BCUT2D eigenvalue weighted by atomic mass is 32.2. The second kappa shape index (κ2) is 5.89. The third-order valence-electron chi connectivity index (χ3n) is 3.24. The lowest BCUT2D eigenvalue weighted by atomic mass is 10.0. The lowest BCUT2D eigenvalue weighted by Crippen LogP contribution is -2.46. The van der Waals surface area contributed by atoms with Crippen LogP contribution in [0, 0.1) is 5.92 Å². The first kappa shape index (κ1) is 14.3. The van der Waals surface area contributed by atoms with E-state index < -0.39 is 10.2 Å². The van der Waals surface area contributed by atoms with Gasteiger partial charge in [-0.1, -0.05) is 6.92 Å². The summed E-state index contributed by atoms with van der Waals surface area (Å²) in [5.41, 5.74) is 6.11. The summed E-state index contributed by atoms with van der Waals surface area (Å²) in [6.07, 6.45) is 5.24. The van der Waals surface area contributed by atoms with E-state index in [9.17, 15) is 8.42 Å². The molecule has 1 unspecified atom stereocenters. The van der Waals surface area contributed by atoms with Gasteiger partial charge in [0.15, 0.2) is 0 Å². The van der Waals surface area contributed by atoms with Gasteiger partial charge in [0, 0.05) is 25.8 Å². The monoisotopic (exact) mass is 287 g/mol. The molecule has 0 bridgehead atoms. The minimum absolute atomic E-state index is 0.314. The van der Waals surface area contributed by atoms with E-state index in [1.165, 1.54) is 4.31 Å². The van der Waals surface area contributed by atoms with Crippen LogP contribution in [0.1, 0.15) is 19.8 Å². The summed E-state index contributed by atoms with van der Waals surface area (Å²) in [4.78, 5) is 0. The van der Waals surface area contributed by atoms with Gasteiger partial charge in [0.2, 0.25) is 0 Å². The van der Waals surface area contributed by atoms with Crippen molar-refractivity contribution >= 4 is 15.9 Å². The summed E-state index contributed by atoms with van der Waals surface area (Å²) >= 11 is 0. The zero-order valence-electron chi connectivity index (χ0n) is 11.1. The molecule has 2 heterocycles. The summed E-state index contributed by atoms with van der Waals surface area (Å²) in [7, 11) is -3.37. The second-order valence-corrected chi connectivity index (χ2v) is 6.80. The number of piperidine rings is 1. The standard InChI is InChI=1S/C11H21N5O2S/c1-10-3-2-5-16(8-10)19(17,18)14-4-6-15-9-11(12)7-13-15/h7,9-10,14H,2-6,8,12H2,1H3. The van der Waals surface area contributed by atoms with Gasteiger partial charge in [-0.3, -0.25) is 4.68 Å². The third-order valence-corrected chi connectivity index (χ3v) is 4.82. The van der Waals surface area contributed by atoms with Gasteiger partial charge in [0.1, 0.15) is 0 Å². The van der Waals surface area contributed by atoms with Crippen molar-refractivity contribution in [1.29, 1.82) is 0 Å². The second-order valence-electron chi connectivity index (χ2n) is 5.04. The Labute approximate surface area is 113 Å². The molecule has 1 aliphatic rings. The molecule has 8 heteroatoms. The van der Waals surface area contributed by atoms with E-state index in [0.29, 0.717) is 37.8 Å². The molecule has 1 aromatic rings. The number of nitrogens with one attached hydrogen (secondary N) is 1. The highest BCUT2D eigenvalue weighted by molar-refractivity contribution is 7.87. The third kappa shape index (κ3) is 3.92. The predicted molar refractivity (Wildman–Crippen MR) is 73.5 cm³/mol. The summed E-state index contributed by atoms with van der Waals surface area (Å²) in [5, 5.41) is 4.00. The van der Waals surface area contributed by atoms with Crippen LogP contribution in [-0.4, -0.2) is 42.1 Å². The average molecular weight is 287 g/mol. The fourth-order valence-electron chi connectivity index (χ4n) is 2.25. The maximum atomic E-state index is 12.1. The molecule has 19 heavy (non-hydrogen) atoms. The molecule has 0 amide bonds. The van der Waals surface area contributed by atoms with Crippen molar-refractivity contribution in [2.45, 2.75) is 26.3 Å². The molecule has 1 atom stereocenters. The first-order valence-corrected chi connectivity index (χ1v) is 7.94. The molecule has 1 aromatic heterocycles. The van der Waals surface area contributed by atoms with Crippen molar-refractivity contribution in [3.8, 4) is 0 Å². The van der Waals surface area contributed by atoms with Crippen LogP contribution in [0.5, 0.6) is 0 Å². The van der Waals surface area contributed by atoms with Crippen LogP contribution in [0.25, 0.3) is 0 Å². The number of aromatic nitrogens is 2. The van der Waals surface area contributed by atoms with E-state index in [-0.39, 0.29) is 0 Å². The normalized spacial score (nSPS) is 21.6. The smallest absolute Gasteiger partial charge is 0.279 e. The van der Waals surface area contributed by atoms with Crippen molar-refractivity contribution in [1.82, 2.24) is 18.8 Å². The van der Waals surface area contributed by atoms with E-state index in [4.69, 9.17) is 5.73 Å². The molecule has 0 spiro atoms. The maximum absolute atomic E-state index is 12.1. The fourth-order valence-corrected chi connectivity index (χ4v) is 3.60. The van der Waals surface area contributed by atoms with E-state index in [0.717, 1.165) is 12.8 Å². The Morgan fingerprint density at radius 2 is 2.37 bits per heavy atom. The van der Waals surface area contributed by atoms with E-state index >= 15 is 0 Å². The number of nitrogens with two attached hydrogens (primary N) is 1. The Hall–Kier alpha value is -1.12. The Bertz CT molecular complexity index is 513. The molecular weight excluding hydrogens is 266 g/mol. The summed E-state index contributed by atoms with van der Waals surface area (Å²) in [5.74, 6) is 0.427. The van der Waals surface area contributed by atoms with Gasteiger partial charge in [0.25, 0.3) is 10.2 Å². The van der Waals surface area contributed by atoms with Crippen molar-refractivity contribution < 1.29 is 8.42 Å². The summed E-state index contributed by atoms with van der Waals surface area (Å²) < 4.78 is 29.9. The van der Waals surface area contributed by atoms with E-state index in [1.807, 2.05) is 0 Å². The minimum Gasteiger partial charge on any atom is -0.396 e. The van der Waals surface area contributed by atoms with Crippen LogP contribution in [0.4, 0.5) is 5.69 Å². The minimum atomic E-state index is -3.37. The average Bonchev–Trinajstić information content (AvgIpc) is 2.75. The maximum Gasteiger partial charge on any atom is 0.279 e. The molecule has 0 aliphatic carbocycles. The Morgan fingerprint density at radius 1 is 1.58 bits per heavy atom. The number of hydrogen-bond acceptors (Lipinski definition) is 4. The van der Waals surface area contributed by atoms with Crippen LogP contribution in [0.2, 0.25) is 0 Å². The van der Waals surface area contributed by atoms with Gasteiger partial charge in [0.05, 0.1) is 18.4 Å². The molecule has 0 aromatic carbocycles. The van der Waals surface area contributed by atoms with Crippen LogP contribution < -0.4 is 10.5 Å². The molecule has 0 radical (unpaired) electrons. The number of rotatable bonds is 5. The lowest BCUT2D eigenvalue weighted by molar-refractivity contribution is 0.278. The number of nitrogens with zero attached hydrogens (tertiary/aromatic N) is 3. The summed E-state index contributed by atoms with van der Waals surface area (Å²) in [6.45, 7) is 4.07. The van der Waals surface area contributed by atoms with Crippen molar-refractivity contribution in [2.75, 3.05) is 25.4 Å². The Morgan fingerprint density at radius 3 is 3.00 bits per heavy atom. The first-order valence-electron chi connectivity index (χ1n) is 6.50. The lowest BCUT2D eigenvalue weighted by Gasteiger charge is -2.29. The van der Waals surface area contributed by atoms with Crippen LogP contribution in [0.3, 0.4) is 0 Å². The van der Waals surface area contributed by atoms with Gasteiger partial charge in [-0.05, 0) is 18.8 Å². The van der Waals surface area contributed by atoms with Crippen molar-refractivity contribution in [2.24, 2.45) is 5.92 Å². The highest BCUT2D eigenvalue weighted by Gasteiger charge is 2.26. The van der Waals surface area contributed by atoms with E-state index in [1.54, 1.807) is 17.1 Å². The topological polar surface area (TPSA) is 93.2 Å². The highest BCUT2D eigenvalue weighted by Crippen LogP contribution is 2.17. The molecule has 3 N–H and O–H groups in total. The van der Waals surface area contributed by atoms with Crippen LogP contribution in [-0.2, 0) is 16.8 Å². The van der Waals surface area contributed by atoms with Gasteiger partial charge in [-0.2, -0.15) is 17.8 Å². The van der Waals surface area contributed by atoms with Gasteiger partial charge in [-0.15, -0.1) is 0 Å². The Balaban J connectivity index is 1.83. The molecule has 2 rings (SSSR count). The zero-order valence-corrected chi connectivity index (χ0v) is 11.9. The molecular formula is C11H21N5O2S. The molecule has 108 valence electrons. The SMILES string of the molecule is CC1CCCN(S(=O)(=O)NCCn2cc(N)cn2)C1. The Kier molecular flexibility index (Phi) is 4.43. The molecule has 7 nitrogen and oxygen atoms in total. The molecule has 1 saturated heterocycles. The number of anilines is 1. The molecule has 1 aliphatic heterocycles. The molecule has 0 saturated carbocycles. The fraction of sp³-hybridized carbons (Fsp3) is 0.727. The van der Waals surface area contributed by atoms with Gasteiger partial charge < -0.3 is 5.73 Å². The zero-order chi connectivity index (χ0) is 13.9. The quantitative estimate of drug-likeness (QED) is 0.799. The van der Waals surface area contributed by atoms with E-state index in [2.05, 4.69) is 16.7 Å². The predicted octanol–water partition coefficient (Wildman–Crippen LogP) is 0.0316. The number of nitrogen functional groups attached to an aromatic ring is 1. The van der Waals surface area contributed by atoms with Crippen molar-refractivity contribution in [3.05, 3.63) is 12.4 Å². The van der Waals surface area contributed by atoms with Gasteiger partial charge in [-0.25, -0.2) is 4.72 Å².